The average molecular weight is 278 g/mol. The van der Waals surface area contributed by atoms with Crippen LogP contribution in [0.5, 0.6) is 0 Å². The molecule has 6 heteroatoms. The lowest BCUT2D eigenvalue weighted by Crippen LogP contribution is -2.36. The van der Waals surface area contributed by atoms with Gasteiger partial charge in [-0.1, -0.05) is 23.7 Å². The molecule has 1 aromatic carbocycles. The SMILES string of the molecule is CNC(COC)CS(=O)(=O)c1ccccc1Cl. The second kappa shape index (κ2) is 6.35. The number of benzene rings is 1. The lowest BCUT2D eigenvalue weighted by Gasteiger charge is -2.15. The predicted octanol–water partition coefficient (Wildman–Crippen LogP) is 1.35. The Balaban J connectivity index is 2.92. The van der Waals surface area contributed by atoms with Crippen LogP contribution in [-0.2, 0) is 14.6 Å². The quantitative estimate of drug-likeness (QED) is 0.853. The van der Waals surface area contributed by atoms with Crippen molar-refractivity contribution in [3.63, 3.8) is 0 Å². The molecule has 96 valence electrons. The topological polar surface area (TPSA) is 55.4 Å². The van der Waals surface area contributed by atoms with E-state index in [0.717, 1.165) is 0 Å². The molecule has 4 nitrogen and oxygen atoms in total. The molecule has 0 bridgehead atoms. The number of methoxy groups -OCH3 is 1. The second-order valence-corrected chi connectivity index (χ2v) is 6.06. The molecule has 1 aromatic rings. The van der Waals surface area contributed by atoms with Crippen LogP contribution >= 0.6 is 11.6 Å². The fraction of sp³-hybridized carbons (Fsp3) is 0.455. The van der Waals surface area contributed by atoms with E-state index in [1.807, 2.05) is 0 Å². The summed E-state index contributed by atoms with van der Waals surface area (Å²) < 4.78 is 29.2. The first-order chi connectivity index (χ1) is 8.01. The van der Waals surface area contributed by atoms with Gasteiger partial charge in [0.2, 0.25) is 0 Å². The zero-order valence-electron chi connectivity index (χ0n) is 9.81. The number of likely N-dealkylation sites (N-methyl/N-ethyl adjacent to an activating group) is 1. The predicted molar refractivity (Wildman–Crippen MR) is 68.2 cm³/mol. The van der Waals surface area contributed by atoms with E-state index in [9.17, 15) is 8.42 Å². The van der Waals surface area contributed by atoms with Crippen molar-refractivity contribution in [1.82, 2.24) is 5.32 Å². The summed E-state index contributed by atoms with van der Waals surface area (Å²) in [5, 5.41) is 3.15. The zero-order valence-corrected chi connectivity index (χ0v) is 11.4. The van der Waals surface area contributed by atoms with E-state index < -0.39 is 9.84 Å². The van der Waals surface area contributed by atoms with Gasteiger partial charge in [0.15, 0.2) is 9.84 Å². The van der Waals surface area contributed by atoms with Crippen molar-refractivity contribution < 1.29 is 13.2 Å². The van der Waals surface area contributed by atoms with E-state index in [0.29, 0.717) is 6.61 Å². The zero-order chi connectivity index (χ0) is 12.9. The minimum absolute atomic E-state index is 0.0406. The van der Waals surface area contributed by atoms with Gasteiger partial charge in [-0.05, 0) is 19.2 Å². The standard InChI is InChI=1S/C11H16ClNO3S/c1-13-9(7-16-2)8-17(14,15)11-6-4-3-5-10(11)12/h3-6,9,13H,7-8H2,1-2H3. The Morgan fingerprint density at radius 1 is 1.41 bits per heavy atom. The van der Waals surface area contributed by atoms with Crippen LogP contribution in [-0.4, -0.2) is 41.0 Å². The largest absolute Gasteiger partial charge is 0.383 e. The Morgan fingerprint density at radius 2 is 2.06 bits per heavy atom. The van der Waals surface area contributed by atoms with Gasteiger partial charge in [-0.25, -0.2) is 8.42 Å². The van der Waals surface area contributed by atoms with Gasteiger partial charge in [-0.3, -0.25) is 0 Å². The molecule has 0 aliphatic rings. The number of hydrogen-bond donors (Lipinski definition) is 1. The number of rotatable bonds is 6. The summed E-state index contributed by atoms with van der Waals surface area (Å²) in [4.78, 5) is 0.165. The van der Waals surface area contributed by atoms with E-state index in [4.69, 9.17) is 16.3 Å². The number of hydrogen-bond acceptors (Lipinski definition) is 4. The third-order valence-corrected chi connectivity index (χ3v) is 4.68. The van der Waals surface area contributed by atoms with Gasteiger partial charge in [0.1, 0.15) is 0 Å². The van der Waals surface area contributed by atoms with Crippen molar-refractivity contribution in [3.05, 3.63) is 29.3 Å². The molecule has 0 radical (unpaired) electrons. The van der Waals surface area contributed by atoms with E-state index in [-0.39, 0.29) is 21.7 Å². The highest BCUT2D eigenvalue weighted by Crippen LogP contribution is 2.22. The minimum Gasteiger partial charge on any atom is -0.383 e. The van der Waals surface area contributed by atoms with Crippen LogP contribution in [0.2, 0.25) is 5.02 Å². The molecule has 0 amide bonds. The highest BCUT2D eigenvalue weighted by atomic mass is 35.5. The van der Waals surface area contributed by atoms with Crippen LogP contribution in [0.25, 0.3) is 0 Å². The van der Waals surface area contributed by atoms with Gasteiger partial charge in [-0.2, -0.15) is 0 Å². The van der Waals surface area contributed by atoms with E-state index in [1.165, 1.54) is 13.2 Å². The molecule has 0 spiro atoms. The van der Waals surface area contributed by atoms with Crippen LogP contribution in [0.4, 0.5) is 0 Å². The molecule has 0 aliphatic carbocycles. The molecule has 0 heterocycles. The highest BCUT2D eigenvalue weighted by molar-refractivity contribution is 7.91. The number of halogens is 1. The van der Waals surface area contributed by atoms with E-state index in [2.05, 4.69) is 5.32 Å². The summed E-state index contributed by atoms with van der Waals surface area (Å²) in [5.74, 6) is -0.0406. The molecule has 0 aromatic heterocycles. The van der Waals surface area contributed by atoms with Crippen LogP contribution in [0.15, 0.2) is 29.2 Å². The summed E-state index contributed by atoms with van der Waals surface area (Å²) in [6, 6.07) is 6.19. The third-order valence-electron chi connectivity index (χ3n) is 2.37. The molecule has 0 saturated carbocycles. The van der Waals surface area contributed by atoms with Crippen molar-refractivity contribution in [2.75, 3.05) is 26.5 Å². The Bertz CT molecular complexity index is 462. The Hall–Kier alpha value is -0.620. The average Bonchev–Trinajstić information content (AvgIpc) is 2.28. The normalized spacial score (nSPS) is 13.6. The van der Waals surface area contributed by atoms with Crippen molar-refractivity contribution in [3.8, 4) is 0 Å². The smallest absolute Gasteiger partial charge is 0.181 e. The second-order valence-electron chi connectivity index (χ2n) is 3.65. The van der Waals surface area contributed by atoms with Crippen LogP contribution in [0.1, 0.15) is 0 Å². The number of nitrogens with one attached hydrogen (secondary N) is 1. The van der Waals surface area contributed by atoms with Gasteiger partial charge >= 0.3 is 0 Å². The molecule has 1 N–H and O–H groups in total. The van der Waals surface area contributed by atoms with Gasteiger partial charge in [0.25, 0.3) is 0 Å². The lowest BCUT2D eigenvalue weighted by molar-refractivity contribution is 0.176. The molecule has 0 saturated heterocycles. The van der Waals surface area contributed by atoms with Crippen molar-refractivity contribution in [1.29, 1.82) is 0 Å². The number of ether oxygens (including phenoxy) is 1. The highest BCUT2D eigenvalue weighted by Gasteiger charge is 2.22. The van der Waals surface area contributed by atoms with Gasteiger partial charge in [0.05, 0.1) is 22.3 Å². The molecule has 1 unspecified atom stereocenters. The van der Waals surface area contributed by atoms with E-state index >= 15 is 0 Å². The first kappa shape index (κ1) is 14.4. The Morgan fingerprint density at radius 3 is 2.59 bits per heavy atom. The first-order valence-corrected chi connectivity index (χ1v) is 7.17. The minimum atomic E-state index is -3.40. The van der Waals surface area contributed by atoms with Crippen LogP contribution in [0, 0.1) is 0 Å². The van der Waals surface area contributed by atoms with Gasteiger partial charge < -0.3 is 10.1 Å². The maximum absolute atomic E-state index is 12.1. The lowest BCUT2D eigenvalue weighted by atomic mass is 10.4. The Labute approximate surface area is 107 Å². The summed E-state index contributed by atoms with van der Waals surface area (Å²) in [7, 11) is -0.165. The van der Waals surface area contributed by atoms with Crippen molar-refractivity contribution in [2.24, 2.45) is 0 Å². The molecular weight excluding hydrogens is 262 g/mol. The third kappa shape index (κ3) is 3.96. The van der Waals surface area contributed by atoms with Gasteiger partial charge in [-0.15, -0.1) is 0 Å². The van der Waals surface area contributed by atoms with Crippen LogP contribution in [0.3, 0.4) is 0 Å². The molecule has 17 heavy (non-hydrogen) atoms. The summed E-state index contributed by atoms with van der Waals surface area (Å²) in [5.41, 5.74) is 0. The Kier molecular flexibility index (Phi) is 5.39. The van der Waals surface area contributed by atoms with Crippen molar-refractivity contribution in [2.45, 2.75) is 10.9 Å². The summed E-state index contributed by atoms with van der Waals surface area (Å²) in [6.07, 6.45) is 0. The fourth-order valence-corrected chi connectivity index (χ4v) is 3.58. The van der Waals surface area contributed by atoms with Crippen LogP contribution < -0.4 is 5.32 Å². The summed E-state index contributed by atoms with van der Waals surface area (Å²) in [6.45, 7) is 0.334. The number of sulfone groups is 1. The van der Waals surface area contributed by atoms with E-state index in [1.54, 1.807) is 25.2 Å². The summed E-state index contributed by atoms with van der Waals surface area (Å²) >= 11 is 5.88. The van der Waals surface area contributed by atoms with Gasteiger partial charge in [0, 0.05) is 13.2 Å². The molecular formula is C11H16ClNO3S. The maximum atomic E-state index is 12.1. The first-order valence-electron chi connectivity index (χ1n) is 5.14. The molecule has 0 aliphatic heterocycles. The molecule has 1 rings (SSSR count). The molecule has 0 fully saturated rings. The van der Waals surface area contributed by atoms with Crippen molar-refractivity contribution >= 4 is 21.4 Å². The maximum Gasteiger partial charge on any atom is 0.181 e. The molecule has 1 atom stereocenters. The monoisotopic (exact) mass is 277 g/mol. The fourth-order valence-electron chi connectivity index (χ4n) is 1.47.